The molecule has 1 N–H and O–H groups in total. The van der Waals surface area contributed by atoms with Crippen molar-refractivity contribution in [2.24, 2.45) is 0 Å². The highest BCUT2D eigenvalue weighted by molar-refractivity contribution is 8.00. The molecule has 13 heavy (non-hydrogen) atoms. The molecule has 0 spiro atoms. The van der Waals surface area contributed by atoms with Crippen LogP contribution in [0.1, 0.15) is 18.9 Å². The van der Waals surface area contributed by atoms with E-state index in [0.29, 0.717) is 5.25 Å². The van der Waals surface area contributed by atoms with Crippen molar-refractivity contribution in [1.82, 2.24) is 4.98 Å². The molecule has 1 aromatic rings. The minimum Gasteiger partial charge on any atom is -0.384 e. The Hall–Kier alpha value is -0.540. The van der Waals surface area contributed by atoms with E-state index in [1.807, 2.05) is 23.9 Å². The molecule has 0 aromatic carbocycles. The van der Waals surface area contributed by atoms with Crippen LogP contribution in [0.3, 0.4) is 0 Å². The molecule has 1 aliphatic rings. The summed E-state index contributed by atoms with van der Waals surface area (Å²) in [6.07, 6.45) is 4.33. The lowest BCUT2D eigenvalue weighted by Crippen LogP contribution is -2.25. The van der Waals surface area contributed by atoms with Gasteiger partial charge in [0.05, 0.1) is 0 Å². The first kappa shape index (κ1) is 9.03. The first-order valence-corrected chi connectivity index (χ1v) is 5.50. The highest BCUT2D eigenvalue weighted by Crippen LogP contribution is 2.40. The second kappa shape index (κ2) is 3.31. The predicted molar refractivity (Wildman–Crippen MR) is 54.7 cm³/mol. The number of thioether (sulfide) groups is 1. The molecule has 3 heteroatoms. The van der Waals surface area contributed by atoms with Crippen LogP contribution >= 0.6 is 11.8 Å². The Balaban J connectivity index is 2.26. The van der Waals surface area contributed by atoms with Crippen molar-refractivity contribution >= 4 is 11.8 Å². The Labute approximate surface area is 82.4 Å². The van der Waals surface area contributed by atoms with Gasteiger partial charge in [-0.05, 0) is 12.5 Å². The van der Waals surface area contributed by atoms with Crippen LogP contribution < -0.4 is 0 Å². The molecule has 1 fully saturated rings. The van der Waals surface area contributed by atoms with Crippen LogP contribution in [-0.2, 0) is 5.60 Å². The molecule has 0 saturated carbocycles. The van der Waals surface area contributed by atoms with Gasteiger partial charge in [0.2, 0.25) is 0 Å². The van der Waals surface area contributed by atoms with Gasteiger partial charge in [-0.25, -0.2) is 0 Å². The van der Waals surface area contributed by atoms with E-state index in [1.54, 1.807) is 12.4 Å². The van der Waals surface area contributed by atoms with Crippen molar-refractivity contribution in [3.63, 3.8) is 0 Å². The van der Waals surface area contributed by atoms with Crippen molar-refractivity contribution in [3.8, 4) is 0 Å². The highest BCUT2D eigenvalue weighted by Gasteiger charge is 2.37. The minimum atomic E-state index is -0.641. The molecule has 2 nitrogen and oxygen atoms in total. The van der Waals surface area contributed by atoms with Gasteiger partial charge in [-0.2, -0.15) is 11.8 Å². The van der Waals surface area contributed by atoms with Crippen molar-refractivity contribution in [2.45, 2.75) is 24.2 Å². The number of aromatic nitrogens is 1. The Kier molecular flexibility index (Phi) is 2.30. The predicted octanol–water partition coefficient (Wildman–Crippen LogP) is 1.79. The lowest BCUT2D eigenvalue weighted by molar-refractivity contribution is 0.0609. The lowest BCUT2D eigenvalue weighted by atomic mass is 9.93. The van der Waals surface area contributed by atoms with Crippen LogP contribution in [0.5, 0.6) is 0 Å². The first-order valence-electron chi connectivity index (χ1n) is 4.45. The van der Waals surface area contributed by atoms with E-state index in [4.69, 9.17) is 0 Å². The summed E-state index contributed by atoms with van der Waals surface area (Å²) in [7, 11) is 0. The van der Waals surface area contributed by atoms with Gasteiger partial charge in [-0.1, -0.05) is 13.0 Å². The molecule has 70 valence electrons. The van der Waals surface area contributed by atoms with Crippen LogP contribution in [0.2, 0.25) is 0 Å². The van der Waals surface area contributed by atoms with Gasteiger partial charge in [0.25, 0.3) is 0 Å². The molecular weight excluding hydrogens is 182 g/mol. The fraction of sp³-hybridized carbons (Fsp3) is 0.500. The standard InChI is InChI=1S/C10H13NOS/c1-8-5-10(12,7-13-8)9-3-2-4-11-6-9/h2-4,6,8,12H,5,7H2,1H3. The van der Waals surface area contributed by atoms with E-state index < -0.39 is 5.60 Å². The van der Waals surface area contributed by atoms with Crippen molar-refractivity contribution in [1.29, 1.82) is 0 Å². The van der Waals surface area contributed by atoms with Crippen LogP contribution in [0.15, 0.2) is 24.5 Å². The third kappa shape index (κ3) is 1.71. The summed E-state index contributed by atoms with van der Waals surface area (Å²) in [6, 6.07) is 3.83. The summed E-state index contributed by atoms with van der Waals surface area (Å²) in [5, 5.41) is 10.8. The number of pyridine rings is 1. The van der Waals surface area contributed by atoms with E-state index in [9.17, 15) is 5.11 Å². The van der Waals surface area contributed by atoms with E-state index in [2.05, 4.69) is 11.9 Å². The van der Waals surface area contributed by atoms with E-state index in [0.717, 1.165) is 17.7 Å². The summed E-state index contributed by atoms with van der Waals surface area (Å²) in [4.78, 5) is 4.03. The summed E-state index contributed by atoms with van der Waals surface area (Å²) in [6.45, 7) is 2.15. The van der Waals surface area contributed by atoms with Gasteiger partial charge in [0.15, 0.2) is 0 Å². The van der Waals surface area contributed by atoms with Crippen LogP contribution in [-0.4, -0.2) is 21.1 Å². The van der Waals surface area contributed by atoms with Gasteiger partial charge < -0.3 is 5.11 Å². The molecule has 0 aliphatic carbocycles. The zero-order valence-electron chi connectivity index (χ0n) is 7.60. The molecule has 2 heterocycles. The van der Waals surface area contributed by atoms with E-state index >= 15 is 0 Å². The average molecular weight is 195 g/mol. The lowest BCUT2D eigenvalue weighted by Gasteiger charge is -2.21. The number of aliphatic hydroxyl groups is 1. The summed E-state index contributed by atoms with van der Waals surface area (Å²) in [5.74, 6) is 0.792. The largest absolute Gasteiger partial charge is 0.384 e. The van der Waals surface area contributed by atoms with Crippen molar-refractivity contribution in [2.75, 3.05) is 5.75 Å². The van der Waals surface area contributed by atoms with Crippen LogP contribution in [0, 0.1) is 0 Å². The number of hydrogen-bond donors (Lipinski definition) is 1. The van der Waals surface area contributed by atoms with Crippen molar-refractivity contribution < 1.29 is 5.11 Å². The smallest absolute Gasteiger partial charge is 0.101 e. The molecule has 0 amide bonds. The summed E-state index contributed by atoms with van der Waals surface area (Å²) in [5.41, 5.74) is 0.310. The second-order valence-electron chi connectivity index (χ2n) is 3.60. The fourth-order valence-electron chi connectivity index (χ4n) is 1.71. The third-order valence-corrected chi connectivity index (χ3v) is 3.81. The molecule has 2 atom stereocenters. The zero-order valence-corrected chi connectivity index (χ0v) is 8.42. The Morgan fingerprint density at radius 3 is 3.08 bits per heavy atom. The molecule has 1 aromatic heterocycles. The van der Waals surface area contributed by atoms with Gasteiger partial charge in [-0.3, -0.25) is 4.98 Å². The summed E-state index contributed by atoms with van der Waals surface area (Å²) < 4.78 is 0. The molecule has 0 bridgehead atoms. The topological polar surface area (TPSA) is 33.1 Å². The molecule has 2 rings (SSSR count). The zero-order chi connectivity index (χ0) is 9.31. The number of nitrogens with zero attached hydrogens (tertiary/aromatic N) is 1. The third-order valence-electron chi connectivity index (χ3n) is 2.43. The molecule has 1 aliphatic heterocycles. The first-order chi connectivity index (χ1) is 6.21. The summed E-state index contributed by atoms with van der Waals surface area (Å²) >= 11 is 1.82. The van der Waals surface area contributed by atoms with Gasteiger partial charge in [0, 0.05) is 29.0 Å². The Bertz CT molecular complexity index is 290. The Morgan fingerprint density at radius 1 is 1.69 bits per heavy atom. The molecular formula is C10H13NOS. The fourth-order valence-corrected chi connectivity index (χ4v) is 2.95. The maximum absolute atomic E-state index is 10.3. The van der Waals surface area contributed by atoms with Crippen molar-refractivity contribution in [3.05, 3.63) is 30.1 Å². The van der Waals surface area contributed by atoms with Gasteiger partial charge in [0.1, 0.15) is 5.60 Å². The van der Waals surface area contributed by atoms with Crippen LogP contribution in [0.25, 0.3) is 0 Å². The quantitative estimate of drug-likeness (QED) is 0.741. The number of hydrogen-bond acceptors (Lipinski definition) is 3. The van der Waals surface area contributed by atoms with Gasteiger partial charge >= 0.3 is 0 Å². The van der Waals surface area contributed by atoms with Crippen LogP contribution in [0.4, 0.5) is 0 Å². The Morgan fingerprint density at radius 2 is 2.54 bits per heavy atom. The molecule has 0 radical (unpaired) electrons. The SMILES string of the molecule is CC1CC(O)(c2cccnc2)CS1. The normalized spacial score (nSPS) is 33.5. The average Bonchev–Trinajstić information content (AvgIpc) is 2.49. The maximum atomic E-state index is 10.3. The number of rotatable bonds is 1. The maximum Gasteiger partial charge on any atom is 0.101 e. The van der Waals surface area contributed by atoms with E-state index in [1.165, 1.54) is 0 Å². The molecule has 1 saturated heterocycles. The highest BCUT2D eigenvalue weighted by atomic mass is 32.2. The minimum absolute atomic E-state index is 0.546. The van der Waals surface area contributed by atoms with E-state index in [-0.39, 0.29) is 0 Å². The second-order valence-corrected chi connectivity index (χ2v) is 5.03. The molecule has 2 unspecified atom stereocenters. The van der Waals surface area contributed by atoms with Gasteiger partial charge in [-0.15, -0.1) is 0 Å². The monoisotopic (exact) mass is 195 g/mol.